The van der Waals surface area contributed by atoms with Crippen molar-refractivity contribution in [2.75, 3.05) is 26.3 Å². The van der Waals surface area contributed by atoms with Crippen LogP contribution >= 0.6 is 7.60 Å². The average molecular weight is 440 g/mol. The first kappa shape index (κ1) is 26.9. The van der Waals surface area contributed by atoms with E-state index in [-0.39, 0.29) is 19.1 Å². The predicted molar refractivity (Wildman–Crippen MR) is 126 cm³/mol. The lowest BCUT2D eigenvalue weighted by Gasteiger charge is -2.34. The van der Waals surface area contributed by atoms with Gasteiger partial charge in [0.15, 0.2) is 0 Å². The van der Waals surface area contributed by atoms with E-state index >= 15 is 0 Å². The summed E-state index contributed by atoms with van der Waals surface area (Å²) in [6.45, 7) is 13.9. The molecule has 0 aromatic carbocycles. The summed E-state index contributed by atoms with van der Waals surface area (Å²) in [6, 6.07) is 0. The molecule has 1 unspecified atom stereocenters. The van der Waals surface area contributed by atoms with Gasteiger partial charge in [-0.15, -0.1) is 0 Å². The van der Waals surface area contributed by atoms with Crippen LogP contribution in [0.1, 0.15) is 80.1 Å². The van der Waals surface area contributed by atoms with E-state index in [9.17, 15) is 9.36 Å². The van der Waals surface area contributed by atoms with Crippen molar-refractivity contribution in [1.29, 1.82) is 0 Å². The van der Waals surface area contributed by atoms with E-state index in [4.69, 9.17) is 9.05 Å². The minimum Gasteiger partial charge on any atom is -0.338 e. The van der Waals surface area contributed by atoms with Crippen molar-refractivity contribution in [3.8, 4) is 0 Å². The summed E-state index contributed by atoms with van der Waals surface area (Å²) in [7, 11) is -3.40. The number of piperidine rings is 1. The minimum absolute atomic E-state index is 0.106. The van der Waals surface area contributed by atoms with Gasteiger partial charge in [-0.25, -0.2) is 0 Å². The Bertz CT molecular complexity index is 667. The first-order valence-electron chi connectivity index (χ1n) is 11.4. The molecule has 0 spiro atoms. The van der Waals surface area contributed by atoms with Crippen LogP contribution in [0.15, 0.2) is 34.9 Å². The molecule has 0 aromatic rings. The van der Waals surface area contributed by atoms with Crippen LogP contribution in [0.25, 0.3) is 0 Å². The van der Waals surface area contributed by atoms with Gasteiger partial charge in [-0.1, -0.05) is 34.9 Å². The van der Waals surface area contributed by atoms with Gasteiger partial charge in [0, 0.05) is 13.1 Å². The summed E-state index contributed by atoms with van der Waals surface area (Å²) in [5.74, 6) is -0.106. The third-order valence-corrected chi connectivity index (χ3v) is 7.76. The van der Waals surface area contributed by atoms with Gasteiger partial charge < -0.3 is 13.9 Å². The van der Waals surface area contributed by atoms with Crippen LogP contribution in [0.5, 0.6) is 0 Å². The van der Waals surface area contributed by atoms with Gasteiger partial charge >= 0.3 is 7.60 Å². The van der Waals surface area contributed by atoms with Gasteiger partial charge in [0.1, 0.15) is 5.66 Å². The molecule has 0 aliphatic carbocycles. The number of carbonyl (C=O) groups is 1. The third kappa shape index (κ3) is 9.32. The SMILES string of the molecule is CCOP(=O)(OCC)C1CCCN(C/C=C(\C)CC/C=C(\C)CCC=C(C)C)C1=O. The van der Waals surface area contributed by atoms with E-state index in [1.54, 1.807) is 18.7 Å². The maximum atomic E-state index is 13.1. The molecule has 1 heterocycles. The van der Waals surface area contributed by atoms with Crippen LogP contribution in [0, 0.1) is 0 Å². The second-order valence-electron chi connectivity index (χ2n) is 8.28. The minimum atomic E-state index is -3.40. The van der Waals surface area contributed by atoms with Crippen LogP contribution in [-0.2, 0) is 18.4 Å². The standard InChI is InChI=1S/C24H42NO4P/c1-7-28-30(27,29-8-2)23-16-11-18-25(24(23)26)19-17-22(6)15-10-14-21(5)13-9-12-20(3)4/h12,14,17,23H,7-11,13,15-16,18-19H2,1-6H3/b21-14+,22-17+. The third-order valence-electron chi connectivity index (χ3n) is 5.29. The largest absolute Gasteiger partial charge is 0.343 e. The van der Waals surface area contributed by atoms with Crippen LogP contribution in [-0.4, -0.2) is 42.8 Å². The highest BCUT2D eigenvalue weighted by Gasteiger charge is 2.44. The summed E-state index contributed by atoms with van der Waals surface area (Å²) in [6.07, 6.45) is 12.3. The van der Waals surface area contributed by atoms with Crippen LogP contribution in [0.3, 0.4) is 0 Å². The van der Waals surface area contributed by atoms with Crippen molar-refractivity contribution in [3.63, 3.8) is 0 Å². The fourth-order valence-electron chi connectivity index (χ4n) is 3.58. The number of rotatable bonds is 13. The Morgan fingerprint density at radius 3 is 2.13 bits per heavy atom. The van der Waals surface area contributed by atoms with Crippen molar-refractivity contribution in [2.24, 2.45) is 0 Å². The van der Waals surface area contributed by atoms with E-state index in [0.29, 0.717) is 19.5 Å². The number of carbonyl (C=O) groups excluding carboxylic acids is 1. The van der Waals surface area contributed by atoms with E-state index < -0.39 is 13.3 Å². The normalized spacial score (nSPS) is 18.7. The fraction of sp³-hybridized carbons (Fsp3) is 0.708. The molecule has 0 N–H and O–H groups in total. The molecule has 30 heavy (non-hydrogen) atoms. The van der Waals surface area contributed by atoms with Crippen molar-refractivity contribution >= 4 is 13.5 Å². The topological polar surface area (TPSA) is 55.8 Å². The molecule has 1 aliphatic rings. The molecule has 6 heteroatoms. The maximum Gasteiger partial charge on any atom is 0.343 e. The molecule has 0 aromatic heterocycles. The molecule has 1 saturated heterocycles. The Morgan fingerprint density at radius 2 is 1.57 bits per heavy atom. The number of likely N-dealkylation sites (tertiary alicyclic amines) is 1. The quantitative estimate of drug-likeness (QED) is 0.238. The van der Waals surface area contributed by atoms with Crippen molar-refractivity contribution in [3.05, 3.63) is 34.9 Å². The number of hydrogen-bond acceptors (Lipinski definition) is 4. The van der Waals surface area contributed by atoms with Crippen LogP contribution in [0.4, 0.5) is 0 Å². The smallest absolute Gasteiger partial charge is 0.338 e. The molecule has 172 valence electrons. The summed E-state index contributed by atoms with van der Waals surface area (Å²) in [4.78, 5) is 14.7. The Hall–Kier alpha value is -1.16. The molecule has 0 radical (unpaired) electrons. The molecule has 5 nitrogen and oxygen atoms in total. The van der Waals surface area contributed by atoms with Crippen molar-refractivity contribution in [1.82, 2.24) is 4.90 Å². The van der Waals surface area contributed by atoms with Crippen LogP contribution < -0.4 is 0 Å². The molecule has 0 bridgehead atoms. The zero-order valence-electron chi connectivity index (χ0n) is 19.9. The second kappa shape index (κ2) is 14.0. The molecular weight excluding hydrogens is 397 g/mol. The first-order chi connectivity index (χ1) is 14.2. The Balaban J connectivity index is 2.59. The molecule has 1 rings (SSSR count). The predicted octanol–water partition coefficient (Wildman–Crippen LogP) is 6.66. The highest BCUT2D eigenvalue weighted by Crippen LogP contribution is 2.55. The maximum absolute atomic E-state index is 13.1. The summed E-state index contributed by atoms with van der Waals surface area (Å²) >= 11 is 0. The van der Waals surface area contributed by atoms with Gasteiger partial charge in [-0.3, -0.25) is 9.36 Å². The van der Waals surface area contributed by atoms with E-state index in [1.165, 1.54) is 16.7 Å². The second-order valence-corrected chi connectivity index (χ2v) is 10.5. The molecular formula is C24H42NO4P. The number of allylic oxidation sites excluding steroid dienone is 5. The van der Waals surface area contributed by atoms with E-state index in [1.807, 2.05) is 0 Å². The molecule has 1 aliphatic heterocycles. The highest BCUT2D eigenvalue weighted by molar-refractivity contribution is 7.55. The molecule has 1 fully saturated rings. The van der Waals surface area contributed by atoms with Gasteiger partial charge in [-0.2, -0.15) is 0 Å². The average Bonchev–Trinajstić information content (AvgIpc) is 2.67. The zero-order chi connectivity index (χ0) is 22.6. The summed E-state index contributed by atoms with van der Waals surface area (Å²) in [5, 5.41) is 0. The van der Waals surface area contributed by atoms with Gasteiger partial charge in [0.2, 0.25) is 5.91 Å². The van der Waals surface area contributed by atoms with Gasteiger partial charge in [0.25, 0.3) is 0 Å². The molecule has 0 saturated carbocycles. The van der Waals surface area contributed by atoms with Crippen LogP contribution in [0.2, 0.25) is 0 Å². The molecule has 1 amide bonds. The Kier molecular flexibility index (Phi) is 12.5. The van der Waals surface area contributed by atoms with Gasteiger partial charge in [0.05, 0.1) is 13.2 Å². The Morgan fingerprint density at radius 1 is 1.00 bits per heavy atom. The Labute approximate surface area is 184 Å². The zero-order valence-corrected chi connectivity index (χ0v) is 20.8. The number of nitrogens with zero attached hydrogens (tertiary/aromatic N) is 1. The van der Waals surface area contributed by atoms with Crippen molar-refractivity contribution < 1.29 is 18.4 Å². The highest BCUT2D eigenvalue weighted by atomic mass is 31.2. The fourth-order valence-corrected chi connectivity index (χ4v) is 5.66. The monoisotopic (exact) mass is 439 g/mol. The van der Waals surface area contributed by atoms with E-state index in [0.717, 1.165) is 32.1 Å². The summed E-state index contributed by atoms with van der Waals surface area (Å²) in [5.41, 5.74) is 3.40. The number of amides is 1. The lowest BCUT2D eigenvalue weighted by molar-refractivity contribution is -0.132. The number of hydrogen-bond donors (Lipinski definition) is 0. The lowest BCUT2D eigenvalue weighted by Crippen LogP contribution is -2.44. The first-order valence-corrected chi connectivity index (χ1v) is 13.0. The van der Waals surface area contributed by atoms with E-state index in [2.05, 4.69) is 45.9 Å². The van der Waals surface area contributed by atoms with Gasteiger partial charge in [-0.05, 0) is 80.1 Å². The van der Waals surface area contributed by atoms with Crippen molar-refractivity contribution in [2.45, 2.75) is 85.7 Å². The summed E-state index contributed by atoms with van der Waals surface area (Å²) < 4.78 is 23.9. The lowest BCUT2D eigenvalue weighted by atomic mass is 10.1. The molecule has 1 atom stereocenters.